The molecule has 2 N–H and O–H groups in total. The Morgan fingerprint density at radius 1 is 1.62 bits per heavy atom. The Bertz CT molecular complexity index is 330. The van der Waals surface area contributed by atoms with E-state index in [1.54, 1.807) is 12.1 Å². The second kappa shape index (κ2) is 4.94. The number of nitrogens with one attached hydrogen (secondary N) is 1. The SMILES string of the molecule is O=C([NH][Tl])c1ccc(CBr)cc1O. The predicted molar refractivity (Wildman–Crippen MR) is 54.0 cm³/mol. The molecule has 0 radical (unpaired) electrons. The van der Waals surface area contributed by atoms with Crippen molar-refractivity contribution in [1.82, 2.24) is 3.13 Å². The average molecular weight is 433 g/mol. The fourth-order valence-corrected chi connectivity index (χ4v) is 1.88. The molecule has 0 saturated heterocycles. The Kier molecular flexibility index (Phi) is 4.17. The van der Waals surface area contributed by atoms with Crippen LogP contribution in [0.1, 0.15) is 15.9 Å². The molecule has 0 atom stereocenters. The van der Waals surface area contributed by atoms with E-state index in [0.717, 1.165) is 5.56 Å². The molecule has 0 aliphatic rings. The van der Waals surface area contributed by atoms with Crippen LogP contribution in [0.15, 0.2) is 18.2 Å². The van der Waals surface area contributed by atoms with Gasteiger partial charge in [0, 0.05) is 0 Å². The number of hydrogen-bond acceptors (Lipinski definition) is 2. The summed E-state index contributed by atoms with van der Waals surface area (Å²) in [7, 11) is 0. The van der Waals surface area contributed by atoms with Crippen LogP contribution >= 0.6 is 15.9 Å². The van der Waals surface area contributed by atoms with Gasteiger partial charge in [0.2, 0.25) is 0 Å². The van der Waals surface area contributed by atoms with E-state index in [1.807, 2.05) is 6.07 Å². The molecule has 0 aliphatic carbocycles. The zero-order valence-corrected chi connectivity index (χ0v) is 12.8. The third-order valence-electron chi connectivity index (χ3n) is 1.59. The molecule has 1 aromatic carbocycles. The number of phenolic OH excluding ortho intramolecular Hbond substituents is 1. The summed E-state index contributed by atoms with van der Waals surface area (Å²) in [5.74, 6) is -0.168. The van der Waals surface area contributed by atoms with Gasteiger partial charge in [-0.3, -0.25) is 0 Å². The second-order valence-electron chi connectivity index (χ2n) is 2.46. The maximum atomic E-state index is 11.2. The van der Waals surface area contributed by atoms with E-state index in [-0.39, 0.29) is 11.7 Å². The molecule has 1 amide bonds. The number of benzene rings is 1. The van der Waals surface area contributed by atoms with Crippen molar-refractivity contribution < 1.29 is 9.90 Å². The van der Waals surface area contributed by atoms with Gasteiger partial charge in [0.25, 0.3) is 0 Å². The molecule has 13 heavy (non-hydrogen) atoms. The van der Waals surface area contributed by atoms with Gasteiger partial charge >= 0.3 is 101 Å². The Morgan fingerprint density at radius 2 is 2.31 bits per heavy atom. The first kappa shape index (κ1) is 11.0. The van der Waals surface area contributed by atoms with E-state index < -0.39 is 0 Å². The second-order valence-corrected chi connectivity index (χ2v) is 4.14. The van der Waals surface area contributed by atoms with E-state index in [9.17, 15) is 9.90 Å². The van der Waals surface area contributed by atoms with E-state index >= 15 is 0 Å². The van der Waals surface area contributed by atoms with Crippen LogP contribution < -0.4 is 3.13 Å². The van der Waals surface area contributed by atoms with E-state index in [2.05, 4.69) is 19.1 Å². The van der Waals surface area contributed by atoms with Crippen molar-refractivity contribution in [1.29, 1.82) is 0 Å². The number of phenols is 1. The van der Waals surface area contributed by atoms with Crippen molar-refractivity contribution in [3.63, 3.8) is 0 Å². The summed E-state index contributed by atoms with van der Waals surface area (Å²) in [5.41, 5.74) is 1.29. The topological polar surface area (TPSA) is 49.3 Å². The van der Waals surface area contributed by atoms with Crippen LogP contribution in [0, 0.1) is 0 Å². The Morgan fingerprint density at radius 3 is 2.77 bits per heavy atom. The van der Waals surface area contributed by atoms with Gasteiger partial charge < -0.3 is 0 Å². The normalized spacial score (nSPS) is 9.54. The van der Waals surface area contributed by atoms with Crippen molar-refractivity contribution in [3.05, 3.63) is 29.3 Å². The minimum atomic E-state index is -0.205. The van der Waals surface area contributed by atoms with E-state index in [1.165, 1.54) is 0 Å². The van der Waals surface area contributed by atoms with Gasteiger partial charge in [0.15, 0.2) is 0 Å². The Balaban J connectivity index is 3.05. The Hall–Kier alpha value is -0.108. The molecule has 1 aromatic rings. The molecule has 3 nitrogen and oxygen atoms in total. The molecule has 0 saturated carbocycles. The van der Waals surface area contributed by atoms with Gasteiger partial charge in [-0.2, -0.15) is 0 Å². The van der Waals surface area contributed by atoms with Crippen molar-refractivity contribution in [3.8, 4) is 5.75 Å². The van der Waals surface area contributed by atoms with Gasteiger partial charge in [0.05, 0.1) is 0 Å². The molecule has 1 rings (SSSR count). The summed E-state index contributed by atoms with van der Waals surface area (Å²) >= 11 is 3.66. The third kappa shape index (κ3) is 2.67. The van der Waals surface area contributed by atoms with Crippen molar-refractivity contribution in [2.24, 2.45) is 0 Å². The summed E-state index contributed by atoms with van der Waals surface area (Å²) in [6.45, 7) is 0. The minimum absolute atomic E-state index is 0.0371. The van der Waals surface area contributed by atoms with Gasteiger partial charge in [-0.15, -0.1) is 0 Å². The average Bonchev–Trinajstić information content (AvgIpc) is 2.16. The van der Waals surface area contributed by atoms with Crippen LogP contribution in [0.2, 0.25) is 0 Å². The number of carbonyl (C=O) groups is 1. The van der Waals surface area contributed by atoms with Gasteiger partial charge in [-0.25, -0.2) is 0 Å². The first-order chi connectivity index (χ1) is 6.19. The standard InChI is InChI=1S/C8H8BrNO2.Tl/c9-4-5-1-2-6(8(10)12)7(11)3-5;/h1-3H,4H2,(H3,10,11,12);/q;+1/p-1. The van der Waals surface area contributed by atoms with Crippen LogP contribution in [0.25, 0.3) is 0 Å². The van der Waals surface area contributed by atoms with E-state index in [4.69, 9.17) is 0 Å². The van der Waals surface area contributed by atoms with Crippen LogP contribution in [-0.2, 0) is 5.33 Å². The number of carbonyl (C=O) groups excluding carboxylic acids is 1. The monoisotopic (exact) mass is 433 g/mol. The van der Waals surface area contributed by atoms with Crippen molar-refractivity contribution >= 4 is 47.9 Å². The predicted octanol–water partition coefficient (Wildman–Crippen LogP) is 1.10. The molecule has 0 aliphatic heterocycles. The summed E-state index contributed by atoms with van der Waals surface area (Å²) in [6.07, 6.45) is 0. The van der Waals surface area contributed by atoms with Crippen LogP contribution in [0.4, 0.5) is 0 Å². The molecule has 0 aromatic heterocycles. The van der Waals surface area contributed by atoms with E-state index in [0.29, 0.717) is 37.0 Å². The Labute approximate surface area is 101 Å². The molecule has 5 heteroatoms. The summed E-state index contributed by atoms with van der Waals surface area (Å²) < 4.78 is 2.62. The number of amides is 1. The first-order valence-electron chi connectivity index (χ1n) is 3.58. The van der Waals surface area contributed by atoms with Crippen LogP contribution in [-0.4, -0.2) is 37.1 Å². The summed E-state index contributed by atoms with van der Waals surface area (Å²) in [4.78, 5) is 11.2. The summed E-state index contributed by atoms with van der Waals surface area (Å²) in [5, 5.41) is 10.1. The first-order valence-corrected chi connectivity index (χ1v) is 6.94. The number of rotatable bonds is 2. The van der Waals surface area contributed by atoms with Gasteiger partial charge in [-0.1, -0.05) is 0 Å². The van der Waals surface area contributed by atoms with Gasteiger partial charge in [-0.05, 0) is 0 Å². The van der Waals surface area contributed by atoms with Crippen LogP contribution in [0.3, 0.4) is 0 Å². The number of halogens is 1. The van der Waals surface area contributed by atoms with Crippen molar-refractivity contribution in [2.75, 3.05) is 0 Å². The molecule has 66 valence electrons. The van der Waals surface area contributed by atoms with Crippen molar-refractivity contribution in [2.45, 2.75) is 5.33 Å². The maximum absolute atomic E-state index is 11.2. The quantitative estimate of drug-likeness (QED) is 0.542. The molecule has 0 unspecified atom stereocenters. The molecular weight excluding hydrogens is 426 g/mol. The molecule has 0 bridgehead atoms. The molecule has 0 spiro atoms. The zero-order chi connectivity index (χ0) is 9.84. The molecule has 0 fully saturated rings. The van der Waals surface area contributed by atoms with Gasteiger partial charge in [0.1, 0.15) is 0 Å². The molecule has 0 heterocycles. The zero-order valence-electron chi connectivity index (χ0n) is 6.75. The fraction of sp³-hybridized carbons (Fsp3) is 0.125. The fourth-order valence-electron chi connectivity index (χ4n) is 0.930. The number of alkyl halides is 1. The number of aromatic hydroxyl groups is 1. The van der Waals surface area contributed by atoms with Crippen LogP contribution in [0.5, 0.6) is 5.75 Å². The summed E-state index contributed by atoms with van der Waals surface area (Å²) in [6, 6.07) is 5.03. The molecular formula is C8H7BrNO2Tl. The third-order valence-corrected chi connectivity index (χ3v) is 3.26. The number of hydrogen-bond donors (Lipinski definition) is 2.